The van der Waals surface area contributed by atoms with Crippen LogP contribution in [-0.4, -0.2) is 25.5 Å². The minimum Gasteiger partial charge on any atom is -0.381 e. The Kier molecular flexibility index (Phi) is 6.34. The highest BCUT2D eigenvalue weighted by Gasteiger charge is 2.15. The van der Waals surface area contributed by atoms with Gasteiger partial charge in [0, 0.05) is 19.6 Å². The summed E-state index contributed by atoms with van der Waals surface area (Å²) in [5.41, 5.74) is 5.21. The summed E-state index contributed by atoms with van der Waals surface area (Å²) in [5, 5.41) is 0. The molecule has 0 bridgehead atoms. The summed E-state index contributed by atoms with van der Waals surface area (Å²) in [6.45, 7) is 1.81. The van der Waals surface area contributed by atoms with Crippen molar-refractivity contribution in [2.45, 2.75) is 19.3 Å². The molecule has 1 aliphatic rings. The highest BCUT2D eigenvalue weighted by Crippen LogP contribution is 2.17. The van der Waals surface area contributed by atoms with Gasteiger partial charge >= 0.3 is 0 Å². The van der Waals surface area contributed by atoms with E-state index in [0.29, 0.717) is 12.3 Å². The molecule has 0 aromatic heterocycles. The zero-order valence-electron chi connectivity index (χ0n) is 7.12. The Morgan fingerprint density at radius 2 is 2.00 bits per heavy atom. The van der Waals surface area contributed by atoms with E-state index in [1.807, 2.05) is 0 Å². The third-order valence-electron chi connectivity index (χ3n) is 2.08. The Labute approximate surface area is 79.1 Å². The fraction of sp³-hybridized carbons (Fsp3) is 0.875. The number of hydrogen-bond acceptors (Lipinski definition) is 3. The largest absolute Gasteiger partial charge is 0.381 e. The van der Waals surface area contributed by atoms with E-state index in [1.165, 1.54) is 0 Å². The average molecular weight is 194 g/mol. The lowest BCUT2D eigenvalue weighted by atomic mass is 9.94. The Balaban J connectivity index is 0.00000121. The summed E-state index contributed by atoms with van der Waals surface area (Å²) in [4.78, 5) is 10.9. The van der Waals surface area contributed by atoms with Crippen LogP contribution in [0.3, 0.4) is 0 Å². The van der Waals surface area contributed by atoms with E-state index in [4.69, 9.17) is 10.5 Å². The molecule has 72 valence electrons. The summed E-state index contributed by atoms with van der Waals surface area (Å²) < 4.78 is 5.17. The van der Waals surface area contributed by atoms with Gasteiger partial charge < -0.3 is 10.5 Å². The zero-order chi connectivity index (χ0) is 8.10. The first-order chi connectivity index (χ1) is 5.33. The Hall–Kier alpha value is -0.120. The van der Waals surface area contributed by atoms with Gasteiger partial charge in [-0.25, -0.2) is 0 Å². The highest BCUT2D eigenvalue weighted by atomic mass is 35.5. The van der Waals surface area contributed by atoms with Crippen LogP contribution in [0.4, 0.5) is 0 Å². The van der Waals surface area contributed by atoms with E-state index < -0.39 is 0 Å². The number of nitrogens with two attached hydrogens (primary N) is 1. The summed E-state index contributed by atoms with van der Waals surface area (Å²) in [7, 11) is 0. The number of Topliss-reactive ketones (excluding diaryl/α,β-unsaturated/α-hetero) is 1. The summed E-state index contributed by atoms with van der Waals surface area (Å²) >= 11 is 0. The smallest absolute Gasteiger partial charge is 0.146 e. The maximum atomic E-state index is 10.9. The van der Waals surface area contributed by atoms with Gasteiger partial charge in [-0.1, -0.05) is 0 Å². The Bertz CT molecular complexity index is 135. The molecule has 0 radical (unpaired) electrons. The lowest BCUT2D eigenvalue weighted by Gasteiger charge is -2.20. The summed E-state index contributed by atoms with van der Waals surface area (Å²) in [5.74, 6) is 0.705. The van der Waals surface area contributed by atoms with Crippen molar-refractivity contribution in [3.8, 4) is 0 Å². The molecule has 1 saturated heterocycles. The van der Waals surface area contributed by atoms with Gasteiger partial charge in [0.2, 0.25) is 0 Å². The van der Waals surface area contributed by atoms with Crippen molar-refractivity contribution in [3.63, 3.8) is 0 Å². The van der Waals surface area contributed by atoms with Gasteiger partial charge in [0.15, 0.2) is 0 Å². The van der Waals surface area contributed by atoms with Crippen LogP contribution in [0.2, 0.25) is 0 Å². The standard InChI is InChI=1S/C8H15NO2.ClH/c9-6-8(10)5-7-1-3-11-4-2-7;/h7H,1-6,9H2;1H. The van der Waals surface area contributed by atoms with E-state index in [9.17, 15) is 4.79 Å². The molecule has 0 saturated carbocycles. The molecule has 1 rings (SSSR count). The Morgan fingerprint density at radius 3 is 2.50 bits per heavy atom. The van der Waals surface area contributed by atoms with Crippen LogP contribution in [0.25, 0.3) is 0 Å². The van der Waals surface area contributed by atoms with Crippen molar-refractivity contribution in [1.82, 2.24) is 0 Å². The monoisotopic (exact) mass is 193 g/mol. The predicted molar refractivity (Wildman–Crippen MR) is 49.5 cm³/mol. The van der Waals surface area contributed by atoms with Crippen LogP contribution in [0.15, 0.2) is 0 Å². The molecule has 0 amide bonds. The van der Waals surface area contributed by atoms with Crippen molar-refractivity contribution in [2.24, 2.45) is 11.7 Å². The van der Waals surface area contributed by atoms with Gasteiger partial charge in [-0.3, -0.25) is 4.79 Å². The van der Waals surface area contributed by atoms with E-state index >= 15 is 0 Å². The topological polar surface area (TPSA) is 52.3 Å². The third kappa shape index (κ3) is 4.04. The lowest BCUT2D eigenvalue weighted by Crippen LogP contribution is -2.22. The molecule has 1 fully saturated rings. The fourth-order valence-electron chi connectivity index (χ4n) is 1.36. The van der Waals surface area contributed by atoms with Gasteiger partial charge in [-0.05, 0) is 18.8 Å². The molecule has 0 unspecified atom stereocenters. The quantitative estimate of drug-likeness (QED) is 0.720. The predicted octanol–water partition coefficient (Wildman–Crippen LogP) is 0.753. The molecule has 1 aliphatic heterocycles. The molecule has 3 nitrogen and oxygen atoms in total. The van der Waals surface area contributed by atoms with E-state index in [2.05, 4.69) is 0 Å². The van der Waals surface area contributed by atoms with Crippen molar-refractivity contribution in [1.29, 1.82) is 0 Å². The molecule has 4 heteroatoms. The minimum atomic E-state index is 0. The number of carbonyl (C=O) groups excluding carboxylic acids is 1. The SMILES string of the molecule is Cl.NCC(=O)CC1CCOCC1. The highest BCUT2D eigenvalue weighted by molar-refractivity contribution is 5.85. The van der Waals surface area contributed by atoms with Crippen LogP contribution in [-0.2, 0) is 9.53 Å². The second kappa shape index (κ2) is 6.40. The molecule has 0 aromatic rings. The molecule has 1 heterocycles. The lowest BCUT2D eigenvalue weighted by molar-refractivity contribution is -0.119. The average Bonchev–Trinajstić information content (AvgIpc) is 2.06. The normalized spacial score (nSPS) is 18.4. The van der Waals surface area contributed by atoms with Crippen LogP contribution in [0.1, 0.15) is 19.3 Å². The number of ketones is 1. The van der Waals surface area contributed by atoms with E-state index in [0.717, 1.165) is 26.1 Å². The number of ether oxygens (including phenoxy) is 1. The van der Waals surface area contributed by atoms with Gasteiger partial charge in [-0.15, -0.1) is 12.4 Å². The molecule has 0 aromatic carbocycles. The maximum Gasteiger partial charge on any atom is 0.146 e. The molecule has 0 aliphatic carbocycles. The second-order valence-corrected chi connectivity index (χ2v) is 3.00. The van der Waals surface area contributed by atoms with Crippen molar-refractivity contribution in [2.75, 3.05) is 19.8 Å². The number of hydrogen-bond donors (Lipinski definition) is 1. The van der Waals surface area contributed by atoms with Crippen LogP contribution < -0.4 is 5.73 Å². The third-order valence-corrected chi connectivity index (χ3v) is 2.08. The number of carbonyl (C=O) groups is 1. The number of rotatable bonds is 3. The maximum absolute atomic E-state index is 10.9. The second-order valence-electron chi connectivity index (χ2n) is 3.00. The van der Waals surface area contributed by atoms with Gasteiger partial charge in [0.05, 0.1) is 6.54 Å². The van der Waals surface area contributed by atoms with Gasteiger partial charge in [0.25, 0.3) is 0 Å². The van der Waals surface area contributed by atoms with Gasteiger partial charge in [0.1, 0.15) is 5.78 Å². The zero-order valence-corrected chi connectivity index (χ0v) is 7.94. The first-order valence-corrected chi connectivity index (χ1v) is 4.12. The first kappa shape index (κ1) is 11.9. The summed E-state index contributed by atoms with van der Waals surface area (Å²) in [6, 6.07) is 0. The van der Waals surface area contributed by atoms with Crippen molar-refractivity contribution in [3.05, 3.63) is 0 Å². The van der Waals surface area contributed by atoms with Gasteiger partial charge in [-0.2, -0.15) is 0 Å². The van der Waals surface area contributed by atoms with E-state index in [1.54, 1.807) is 0 Å². The molecular weight excluding hydrogens is 178 g/mol. The molecule has 12 heavy (non-hydrogen) atoms. The fourth-order valence-corrected chi connectivity index (χ4v) is 1.36. The Morgan fingerprint density at radius 1 is 1.42 bits per heavy atom. The minimum absolute atomic E-state index is 0. The van der Waals surface area contributed by atoms with E-state index in [-0.39, 0.29) is 24.7 Å². The molecule has 0 atom stereocenters. The van der Waals surface area contributed by atoms with Crippen LogP contribution >= 0.6 is 12.4 Å². The molecule has 2 N–H and O–H groups in total. The van der Waals surface area contributed by atoms with Crippen LogP contribution in [0, 0.1) is 5.92 Å². The van der Waals surface area contributed by atoms with Crippen molar-refractivity contribution >= 4 is 18.2 Å². The first-order valence-electron chi connectivity index (χ1n) is 4.12. The number of halogens is 1. The van der Waals surface area contributed by atoms with Crippen molar-refractivity contribution < 1.29 is 9.53 Å². The molecular formula is C8H16ClNO2. The summed E-state index contributed by atoms with van der Waals surface area (Å²) in [6.07, 6.45) is 2.69. The van der Waals surface area contributed by atoms with Crippen LogP contribution in [0.5, 0.6) is 0 Å². The molecule has 0 spiro atoms.